The lowest BCUT2D eigenvalue weighted by atomic mass is 9.79. The van der Waals surface area contributed by atoms with Gasteiger partial charge in [-0.05, 0) is 43.1 Å². The van der Waals surface area contributed by atoms with E-state index in [-0.39, 0.29) is 0 Å². The number of rotatable bonds is 3. The van der Waals surface area contributed by atoms with Gasteiger partial charge in [0.25, 0.3) is 0 Å². The molecule has 0 amide bonds. The van der Waals surface area contributed by atoms with Crippen LogP contribution in [0.2, 0.25) is 0 Å². The first-order chi connectivity index (χ1) is 16.6. The van der Waals surface area contributed by atoms with E-state index in [9.17, 15) is 26.3 Å². The molecule has 198 valence electrons. The molecule has 2 saturated heterocycles. The van der Waals surface area contributed by atoms with Gasteiger partial charge in [0.1, 0.15) is 5.82 Å². The van der Waals surface area contributed by atoms with Crippen molar-refractivity contribution < 1.29 is 46.1 Å². The topological polar surface area (TPSA) is 107 Å². The molecular weight excluding hydrogens is 498 g/mol. The summed E-state index contributed by atoms with van der Waals surface area (Å²) in [5.74, 6) is -4.35. The third-order valence-electron chi connectivity index (χ3n) is 5.47. The van der Waals surface area contributed by atoms with Gasteiger partial charge in [0, 0.05) is 50.2 Å². The van der Waals surface area contributed by atoms with Gasteiger partial charge in [-0.3, -0.25) is 9.88 Å². The fraction of sp³-hybridized carbons (Fsp3) is 0.455. The predicted molar refractivity (Wildman–Crippen MR) is 115 cm³/mol. The number of likely N-dealkylation sites (tertiary alicyclic amines) is 1. The zero-order valence-corrected chi connectivity index (χ0v) is 19.1. The summed E-state index contributed by atoms with van der Waals surface area (Å²) >= 11 is 0. The average Bonchev–Trinajstić information content (AvgIpc) is 3.18. The number of aliphatic carboxylic acids is 2. The van der Waals surface area contributed by atoms with E-state index in [1.807, 2.05) is 30.7 Å². The van der Waals surface area contributed by atoms with Crippen LogP contribution in [0, 0.1) is 12.3 Å². The second-order valence-corrected chi connectivity index (χ2v) is 8.43. The van der Waals surface area contributed by atoms with E-state index in [1.165, 1.54) is 36.5 Å². The molecule has 2 N–H and O–H groups in total. The first-order valence-electron chi connectivity index (χ1n) is 10.5. The lowest BCUT2D eigenvalue weighted by Crippen LogP contribution is -2.58. The first kappa shape index (κ1) is 28.8. The summed E-state index contributed by atoms with van der Waals surface area (Å²) in [5, 5.41) is 14.2. The van der Waals surface area contributed by atoms with Gasteiger partial charge in [-0.25, -0.2) is 14.6 Å². The SMILES string of the molecule is Cc1cccnc1N1CC2(CCN(Cc3cccnc3)C2)C1.O=C(O)C(F)(F)F.O=C(O)C(F)(F)F. The van der Waals surface area contributed by atoms with Crippen molar-refractivity contribution in [2.45, 2.75) is 32.2 Å². The average molecular weight is 522 g/mol. The molecule has 0 saturated carbocycles. The second-order valence-electron chi connectivity index (χ2n) is 8.43. The predicted octanol–water partition coefficient (Wildman–Crippen LogP) is 3.76. The Morgan fingerprint density at radius 1 is 0.972 bits per heavy atom. The zero-order valence-electron chi connectivity index (χ0n) is 19.1. The number of alkyl halides is 6. The highest BCUT2D eigenvalue weighted by Gasteiger charge is 2.48. The molecule has 14 heteroatoms. The van der Waals surface area contributed by atoms with Gasteiger partial charge in [0.05, 0.1) is 0 Å². The van der Waals surface area contributed by atoms with Crippen LogP contribution in [0.25, 0.3) is 0 Å². The first-order valence-corrected chi connectivity index (χ1v) is 10.5. The highest BCUT2D eigenvalue weighted by atomic mass is 19.4. The molecule has 0 radical (unpaired) electrons. The van der Waals surface area contributed by atoms with Crippen molar-refractivity contribution >= 4 is 17.8 Å². The van der Waals surface area contributed by atoms with Crippen molar-refractivity contribution in [3.8, 4) is 0 Å². The molecule has 2 aliphatic heterocycles. The van der Waals surface area contributed by atoms with Crippen molar-refractivity contribution in [3.05, 3.63) is 54.0 Å². The van der Waals surface area contributed by atoms with E-state index < -0.39 is 24.3 Å². The number of hydrogen-bond donors (Lipinski definition) is 2. The van der Waals surface area contributed by atoms with Crippen LogP contribution in [0.1, 0.15) is 17.5 Å². The smallest absolute Gasteiger partial charge is 0.475 e. The Hall–Kier alpha value is -3.42. The molecule has 2 aromatic rings. The third-order valence-corrected chi connectivity index (χ3v) is 5.47. The fourth-order valence-electron chi connectivity index (χ4n) is 3.89. The summed E-state index contributed by atoms with van der Waals surface area (Å²) in [6.07, 6.45) is -3.14. The van der Waals surface area contributed by atoms with Crippen LogP contribution in [0.4, 0.5) is 32.2 Å². The molecule has 0 aromatic carbocycles. The van der Waals surface area contributed by atoms with Gasteiger partial charge in [0.15, 0.2) is 0 Å². The monoisotopic (exact) mass is 522 g/mol. The van der Waals surface area contributed by atoms with Crippen molar-refractivity contribution in [3.63, 3.8) is 0 Å². The molecule has 0 atom stereocenters. The fourth-order valence-corrected chi connectivity index (χ4v) is 3.89. The lowest BCUT2D eigenvalue weighted by Gasteiger charge is -2.49. The number of pyridine rings is 2. The molecule has 36 heavy (non-hydrogen) atoms. The number of aryl methyl sites for hydroxylation is 1. The number of carbonyl (C=O) groups is 2. The van der Waals surface area contributed by atoms with Gasteiger partial charge < -0.3 is 15.1 Å². The molecule has 4 heterocycles. The summed E-state index contributed by atoms with van der Waals surface area (Å²) in [6, 6.07) is 8.36. The van der Waals surface area contributed by atoms with Crippen LogP contribution >= 0.6 is 0 Å². The van der Waals surface area contributed by atoms with E-state index in [1.54, 1.807) is 0 Å². The number of carboxylic acid groups (broad SMARTS) is 2. The Balaban J connectivity index is 0.000000271. The number of aromatic nitrogens is 2. The van der Waals surface area contributed by atoms with E-state index in [4.69, 9.17) is 19.8 Å². The lowest BCUT2D eigenvalue weighted by molar-refractivity contribution is -0.193. The van der Waals surface area contributed by atoms with Crippen molar-refractivity contribution in [1.29, 1.82) is 0 Å². The molecule has 2 aromatic heterocycles. The van der Waals surface area contributed by atoms with E-state index in [0.717, 1.165) is 19.6 Å². The Morgan fingerprint density at radius 3 is 2.00 bits per heavy atom. The molecule has 8 nitrogen and oxygen atoms in total. The van der Waals surface area contributed by atoms with E-state index in [0.29, 0.717) is 5.41 Å². The molecule has 0 bridgehead atoms. The van der Waals surface area contributed by atoms with Crippen LogP contribution < -0.4 is 4.90 Å². The van der Waals surface area contributed by atoms with Crippen LogP contribution in [-0.4, -0.2) is 75.6 Å². The Kier molecular flexibility index (Phi) is 9.24. The highest BCUT2D eigenvalue weighted by molar-refractivity contribution is 5.73. The number of anilines is 1. The van der Waals surface area contributed by atoms with Crippen molar-refractivity contribution in [1.82, 2.24) is 14.9 Å². The van der Waals surface area contributed by atoms with Crippen molar-refractivity contribution in [2.75, 3.05) is 31.1 Å². The van der Waals surface area contributed by atoms with E-state index in [2.05, 4.69) is 38.8 Å². The Labute approximate surface area is 202 Å². The summed E-state index contributed by atoms with van der Waals surface area (Å²) in [6.45, 7) is 7.87. The molecule has 1 spiro atoms. The number of carboxylic acids is 2. The van der Waals surface area contributed by atoms with Gasteiger partial charge in [-0.2, -0.15) is 26.3 Å². The minimum atomic E-state index is -5.08. The largest absolute Gasteiger partial charge is 0.490 e. The maximum atomic E-state index is 10.6. The summed E-state index contributed by atoms with van der Waals surface area (Å²) < 4.78 is 63.5. The number of halogens is 6. The maximum absolute atomic E-state index is 10.6. The van der Waals surface area contributed by atoms with Gasteiger partial charge >= 0.3 is 24.3 Å². The van der Waals surface area contributed by atoms with Crippen LogP contribution in [0.5, 0.6) is 0 Å². The van der Waals surface area contributed by atoms with Crippen LogP contribution in [0.3, 0.4) is 0 Å². The zero-order chi connectivity index (χ0) is 27.1. The molecule has 2 fully saturated rings. The number of nitrogens with zero attached hydrogens (tertiary/aromatic N) is 4. The minimum absolute atomic E-state index is 0.478. The minimum Gasteiger partial charge on any atom is -0.475 e. The van der Waals surface area contributed by atoms with Crippen LogP contribution in [-0.2, 0) is 16.1 Å². The normalized spacial score (nSPS) is 16.8. The Bertz CT molecular complexity index is 1000. The standard InChI is InChI=1S/C18H22N4.2C2HF3O2/c1-15-4-2-8-20-17(15)22-13-18(14-22)6-9-21(12-18)11-16-5-3-7-19-10-16;2*3-2(4,5)1(6)7/h2-5,7-8,10H,6,9,11-14H2,1H3;2*(H,6,7). The third kappa shape index (κ3) is 8.36. The van der Waals surface area contributed by atoms with Gasteiger partial charge in [-0.1, -0.05) is 12.1 Å². The van der Waals surface area contributed by atoms with Gasteiger partial charge in [0.2, 0.25) is 0 Å². The van der Waals surface area contributed by atoms with Crippen molar-refractivity contribution in [2.24, 2.45) is 5.41 Å². The summed E-state index contributed by atoms with van der Waals surface area (Å²) in [7, 11) is 0. The second kappa shape index (κ2) is 11.5. The highest BCUT2D eigenvalue weighted by Crippen LogP contribution is 2.42. The van der Waals surface area contributed by atoms with Crippen LogP contribution in [0.15, 0.2) is 42.9 Å². The molecule has 0 unspecified atom stereocenters. The molecule has 0 aliphatic carbocycles. The molecular formula is C22H24F6N4O4. The quantitative estimate of drug-likeness (QED) is 0.587. The summed E-state index contributed by atoms with van der Waals surface area (Å²) in [5.41, 5.74) is 3.07. The number of hydrogen-bond acceptors (Lipinski definition) is 6. The van der Waals surface area contributed by atoms with Gasteiger partial charge in [-0.15, -0.1) is 0 Å². The summed E-state index contributed by atoms with van der Waals surface area (Å²) in [4.78, 5) is 31.6. The Morgan fingerprint density at radius 2 is 1.53 bits per heavy atom. The molecule has 4 rings (SSSR count). The van der Waals surface area contributed by atoms with E-state index >= 15 is 0 Å². The maximum Gasteiger partial charge on any atom is 0.490 e. The molecule has 2 aliphatic rings.